The lowest BCUT2D eigenvalue weighted by Crippen LogP contribution is -2.49. The van der Waals surface area contributed by atoms with Crippen molar-refractivity contribution in [3.8, 4) is 5.69 Å². The molecular weight excluding hydrogens is 462 g/mol. The van der Waals surface area contributed by atoms with E-state index < -0.39 is 0 Å². The number of nitrogen functional groups attached to an aromatic ring is 1. The lowest BCUT2D eigenvalue weighted by atomic mass is 9.48. The van der Waals surface area contributed by atoms with Gasteiger partial charge in [0.15, 0.2) is 5.17 Å². The van der Waals surface area contributed by atoms with E-state index in [1.165, 1.54) is 38.5 Å². The summed E-state index contributed by atoms with van der Waals surface area (Å²) in [4.78, 5) is 14.9. The van der Waals surface area contributed by atoms with Crippen molar-refractivity contribution in [1.29, 1.82) is 5.41 Å². The molecule has 1 aromatic carbocycles. The van der Waals surface area contributed by atoms with Crippen molar-refractivity contribution in [1.82, 2.24) is 20.1 Å². The first kappa shape index (κ1) is 20.9. The maximum atomic E-state index is 13.3. The Balaban J connectivity index is 1.33. The van der Waals surface area contributed by atoms with Crippen molar-refractivity contribution in [3.05, 3.63) is 52.7 Å². The average molecular weight is 488 g/mol. The molecule has 2 aromatic heterocycles. The molecule has 3 aromatic rings. The molecule has 10 heteroatoms. The summed E-state index contributed by atoms with van der Waals surface area (Å²) in [6, 6.07) is 10.1. The second-order valence-corrected chi connectivity index (χ2v) is 11.5. The first-order valence-electron chi connectivity index (χ1n) is 12.1. The van der Waals surface area contributed by atoms with E-state index in [-0.39, 0.29) is 28.1 Å². The number of nitrogens with zero attached hydrogens (tertiary/aromatic N) is 5. The van der Waals surface area contributed by atoms with Crippen molar-refractivity contribution in [3.63, 3.8) is 0 Å². The Morgan fingerprint density at radius 2 is 1.77 bits per heavy atom. The van der Waals surface area contributed by atoms with Gasteiger partial charge in [0.25, 0.3) is 5.91 Å². The Morgan fingerprint density at radius 1 is 1.09 bits per heavy atom. The highest BCUT2D eigenvalue weighted by Crippen LogP contribution is 2.61. The summed E-state index contributed by atoms with van der Waals surface area (Å²) in [5, 5.41) is 20.8. The summed E-state index contributed by atoms with van der Waals surface area (Å²) >= 11 is 1.09. The van der Waals surface area contributed by atoms with Gasteiger partial charge in [0.2, 0.25) is 11.6 Å². The zero-order valence-corrected chi connectivity index (χ0v) is 19.9. The molecule has 35 heavy (non-hydrogen) atoms. The van der Waals surface area contributed by atoms with Gasteiger partial charge in [-0.15, -0.1) is 0 Å². The lowest BCUT2D eigenvalue weighted by molar-refractivity contribution is -0.113. The number of aromatic nitrogens is 4. The van der Waals surface area contributed by atoms with Gasteiger partial charge in [0, 0.05) is 17.2 Å². The molecule has 4 bridgehead atoms. The second kappa shape index (κ2) is 7.55. The molecule has 1 aliphatic heterocycles. The van der Waals surface area contributed by atoms with Crippen LogP contribution in [-0.2, 0) is 10.2 Å². The van der Waals surface area contributed by atoms with Crippen LogP contribution < -0.4 is 10.6 Å². The number of para-hydroxylation sites is 1. The van der Waals surface area contributed by atoms with Crippen molar-refractivity contribution < 1.29 is 9.42 Å². The summed E-state index contributed by atoms with van der Waals surface area (Å²) in [6.07, 6.45) is 11.5. The zero-order chi connectivity index (χ0) is 23.7. The topological polar surface area (TPSA) is 127 Å². The number of hydrogen-bond acceptors (Lipinski definition) is 8. The van der Waals surface area contributed by atoms with E-state index in [9.17, 15) is 4.79 Å². The van der Waals surface area contributed by atoms with E-state index >= 15 is 0 Å². The number of hydrogen-bond donors (Lipinski definition) is 2. The fraction of sp³-hybridized carbons (Fsp3) is 0.400. The van der Waals surface area contributed by atoms with E-state index in [1.54, 1.807) is 0 Å². The van der Waals surface area contributed by atoms with Crippen LogP contribution in [0.1, 0.15) is 49.8 Å². The number of amides is 1. The van der Waals surface area contributed by atoms with Crippen LogP contribution in [-0.4, -0.2) is 31.2 Å². The molecular formula is C25H25N7O2S. The van der Waals surface area contributed by atoms with Gasteiger partial charge in [-0.05, 0) is 96.6 Å². The normalized spacial score (nSPS) is 30.7. The number of amidine groups is 1. The van der Waals surface area contributed by atoms with Gasteiger partial charge in [-0.1, -0.05) is 18.2 Å². The van der Waals surface area contributed by atoms with Crippen LogP contribution in [0.5, 0.6) is 0 Å². The fourth-order valence-electron chi connectivity index (χ4n) is 7.19. The monoisotopic (exact) mass is 487 g/mol. The van der Waals surface area contributed by atoms with Crippen molar-refractivity contribution in [2.75, 3.05) is 10.6 Å². The molecule has 1 saturated heterocycles. The Kier molecular flexibility index (Phi) is 4.51. The number of carbonyl (C=O) groups is 1. The maximum absolute atomic E-state index is 13.3. The third-order valence-corrected chi connectivity index (χ3v) is 9.01. The SMILES string of the molecule is N=C1S/C(=C\c2cn(-c3ccccc3)nc2C23CC4CC(CC(C4)C2)C3)C(=O)N1c1nonc1N. The highest BCUT2D eigenvalue weighted by molar-refractivity contribution is 8.19. The maximum Gasteiger partial charge on any atom is 0.272 e. The first-order chi connectivity index (χ1) is 17.0. The molecule has 0 spiro atoms. The summed E-state index contributed by atoms with van der Waals surface area (Å²) < 4.78 is 6.60. The standard InChI is InChI=1S/C25H25N7O2S/c26-21-22(30-34-29-21)32-23(33)19(35-24(32)27)9-17-13-31(18-4-2-1-3-5-18)28-20(17)25-10-14-6-15(11-25)8-16(7-14)12-25/h1-5,9,13-16,27H,6-8,10-12H2,(H2,26,29)/b19-9-,27-24?. The third kappa shape index (κ3) is 3.26. The zero-order valence-electron chi connectivity index (χ0n) is 19.1. The average Bonchev–Trinajstić information content (AvgIpc) is 3.52. The minimum absolute atomic E-state index is 0.0175. The van der Waals surface area contributed by atoms with E-state index in [0.29, 0.717) is 4.91 Å². The molecule has 4 saturated carbocycles. The number of nitrogens with two attached hydrogens (primary N) is 1. The summed E-state index contributed by atoms with van der Waals surface area (Å²) in [7, 11) is 0. The molecule has 0 radical (unpaired) electrons. The molecule has 9 nitrogen and oxygen atoms in total. The minimum Gasteiger partial charge on any atom is -0.378 e. The van der Waals surface area contributed by atoms with Crippen molar-refractivity contribution in [2.45, 2.75) is 43.9 Å². The van der Waals surface area contributed by atoms with Gasteiger partial charge in [0.1, 0.15) is 0 Å². The largest absolute Gasteiger partial charge is 0.378 e. The minimum atomic E-state index is -0.355. The Morgan fingerprint density at radius 3 is 2.40 bits per heavy atom. The Bertz CT molecular complexity index is 1340. The van der Waals surface area contributed by atoms with Crippen LogP contribution in [0.25, 0.3) is 11.8 Å². The van der Waals surface area contributed by atoms with Gasteiger partial charge in [-0.3, -0.25) is 10.2 Å². The first-order valence-corrected chi connectivity index (χ1v) is 12.9. The lowest BCUT2D eigenvalue weighted by Gasteiger charge is -2.56. The number of thioether (sulfide) groups is 1. The van der Waals surface area contributed by atoms with Crippen molar-refractivity contribution >= 4 is 40.5 Å². The summed E-state index contributed by atoms with van der Waals surface area (Å²) in [5.41, 5.74) is 8.89. The molecule has 5 fully saturated rings. The third-order valence-electron chi connectivity index (χ3n) is 8.12. The molecule has 0 atom stereocenters. The second-order valence-electron chi connectivity index (χ2n) is 10.4. The smallest absolute Gasteiger partial charge is 0.272 e. The summed E-state index contributed by atoms with van der Waals surface area (Å²) in [5.74, 6) is 2.01. The molecule has 3 heterocycles. The predicted molar refractivity (Wildman–Crippen MR) is 133 cm³/mol. The molecule has 178 valence electrons. The van der Waals surface area contributed by atoms with Gasteiger partial charge in [-0.25, -0.2) is 14.2 Å². The number of anilines is 2. The summed E-state index contributed by atoms with van der Waals surface area (Å²) in [6.45, 7) is 0. The molecule has 0 unspecified atom stereocenters. The highest BCUT2D eigenvalue weighted by Gasteiger charge is 2.53. The van der Waals surface area contributed by atoms with Crippen LogP contribution in [0.2, 0.25) is 0 Å². The Labute approximate surface area is 206 Å². The highest BCUT2D eigenvalue weighted by atomic mass is 32.2. The van der Waals surface area contributed by atoms with Crippen LogP contribution in [0.15, 0.2) is 46.1 Å². The quantitative estimate of drug-likeness (QED) is 0.523. The van der Waals surface area contributed by atoms with Gasteiger partial charge < -0.3 is 5.73 Å². The molecule has 8 rings (SSSR count). The number of carbonyl (C=O) groups excluding carboxylic acids is 1. The van der Waals surface area contributed by atoms with E-state index in [1.807, 2.05) is 47.3 Å². The molecule has 1 amide bonds. The fourth-order valence-corrected chi connectivity index (χ4v) is 8.02. The van der Waals surface area contributed by atoms with E-state index in [4.69, 9.17) is 16.2 Å². The number of nitrogens with one attached hydrogen (secondary N) is 1. The molecule has 4 aliphatic carbocycles. The molecule has 3 N–H and O–H groups in total. The van der Waals surface area contributed by atoms with Crippen LogP contribution in [0, 0.1) is 23.2 Å². The molecule has 5 aliphatic rings. The van der Waals surface area contributed by atoms with Crippen LogP contribution >= 0.6 is 11.8 Å². The Hall–Kier alpha value is -3.40. The van der Waals surface area contributed by atoms with Crippen LogP contribution in [0.4, 0.5) is 11.6 Å². The van der Waals surface area contributed by atoms with E-state index in [0.717, 1.165) is 51.4 Å². The van der Waals surface area contributed by atoms with Gasteiger partial charge >= 0.3 is 0 Å². The predicted octanol–water partition coefficient (Wildman–Crippen LogP) is 4.36. The van der Waals surface area contributed by atoms with Crippen molar-refractivity contribution in [2.24, 2.45) is 17.8 Å². The van der Waals surface area contributed by atoms with Gasteiger partial charge in [0.05, 0.1) is 16.3 Å². The van der Waals surface area contributed by atoms with Crippen LogP contribution in [0.3, 0.4) is 0 Å². The number of rotatable bonds is 4. The number of benzene rings is 1. The van der Waals surface area contributed by atoms with E-state index in [2.05, 4.69) is 14.9 Å². The van der Waals surface area contributed by atoms with Gasteiger partial charge in [-0.2, -0.15) is 5.10 Å².